The van der Waals surface area contributed by atoms with Gasteiger partial charge in [-0.25, -0.2) is 5.01 Å². The number of hydrogen-bond donors (Lipinski definition) is 1. The van der Waals surface area contributed by atoms with Crippen molar-refractivity contribution >= 4 is 22.6 Å². The molecule has 0 aliphatic carbocycles. The highest BCUT2D eigenvalue weighted by atomic mass is 16.4. The highest BCUT2D eigenvalue weighted by Crippen LogP contribution is 2.21. The molecule has 24 heavy (non-hydrogen) atoms. The lowest BCUT2D eigenvalue weighted by Gasteiger charge is -2.26. The fraction of sp³-hybridized carbons (Fsp3) is 0.158. The van der Waals surface area contributed by atoms with Gasteiger partial charge in [0, 0.05) is 17.0 Å². The van der Waals surface area contributed by atoms with Crippen LogP contribution in [-0.4, -0.2) is 28.2 Å². The molecule has 0 aliphatic heterocycles. The minimum Gasteiger partial charge on any atom is -0.480 e. The van der Waals surface area contributed by atoms with Crippen LogP contribution in [0.2, 0.25) is 0 Å². The number of fused-ring (bicyclic) bond motifs is 1. The van der Waals surface area contributed by atoms with E-state index in [9.17, 15) is 14.7 Å². The Balaban J connectivity index is 2.14. The number of amides is 1. The van der Waals surface area contributed by atoms with Crippen LogP contribution in [0.25, 0.3) is 10.8 Å². The predicted octanol–water partition coefficient (Wildman–Crippen LogP) is 3.12. The monoisotopic (exact) mass is 322 g/mol. The highest BCUT2D eigenvalue weighted by molar-refractivity contribution is 6.12. The standard InChI is InChI=1S/C19H18N2O3/c1-13-10-11-14(2)21(13)20(12-18(22)23)19(24)17-9-5-7-15-6-3-4-8-16(15)17/h3-11H,12H2,1-2H3,(H,22,23). The molecular weight excluding hydrogens is 304 g/mol. The molecule has 3 aromatic rings. The SMILES string of the molecule is Cc1ccc(C)n1N(CC(=O)O)C(=O)c1cccc2ccccc12. The Labute approximate surface area is 139 Å². The second-order valence-corrected chi connectivity index (χ2v) is 5.71. The second kappa shape index (κ2) is 6.20. The van der Waals surface area contributed by atoms with Gasteiger partial charge in [0.1, 0.15) is 6.54 Å². The van der Waals surface area contributed by atoms with Gasteiger partial charge < -0.3 is 5.11 Å². The molecule has 1 amide bonds. The predicted molar refractivity (Wildman–Crippen MR) is 92.9 cm³/mol. The Morgan fingerprint density at radius 2 is 1.58 bits per heavy atom. The van der Waals surface area contributed by atoms with Crippen molar-refractivity contribution < 1.29 is 14.7 Å². The molecule has 1 aromatic heterocycles. The molecule has 1 N–H and O–H groups in total. The fourth-order valence-corrected chi connectivity index (χ4v) is 2.95. The van der Waals surface area contributed by atoms with Crippen LogP contribution in [0.1, 0.15) is 21.7 Å². The lowest BCUT2D eigenvalue weighted by Crippen LogP contribution is -2.45. The first kappa shape index (κ1) is 15.8. The number of carboxylic acid groups (broad SMARTS) is 1. The molecule has 3 rings (SSSR count). The van der Waals surface area contributed by atoms with E-state index < -0.39 is 12.5 Å². The summed E-state index contributed by atoms with van der Waals surface area (Å²) in [4.78, 5) is 24.5. The summed E-state index contributed by atoms with van der Waals surface area (Å²) in [7, 11) is 0. The molecule has 5 nitrogen and oxygen atoms in total. The van der Waals surface area contributed by atoms with Gasteiger partial charge in [0.15, 0.2) is 0 Å². The van der Waals surface area contributed by atoms with Crippen molar-refractivity contribution in [2.75, 3.05) is 11.6 Å². The van der Waals surface area contributed by atoms with Gasteiger partial charge in [-0.2, -0.15) is 0 Å². The number of hydrogen-bond acceptors (Lipinski definition) is 2. The Bertz CT molecular complexity index is 903. The summed E-state index contributed by atoms with van der Waals surface area (Å²) in [5.74, 6) is -1.40. The molecule has 0 fully saturated rings. The number of carbonyl (C=O) groups excluding carboxylic acids is 1. The van der Waals surface area contributed by atoms with Crippen molar-refractivity contribution in [3.63, 3.8) is 0 Å². The Morgan fingerprint density at radius 3 is 2.25 bits per heavy atom. The molecule has 0 bridgehead atoms. The van der Waals surface area contributed by atoms with Gasteiger partial charge in [0.25, 0.3) is 5.91 Å². The van der Waals surface area contributed by atoms with Crippen LogP contribution in [0.15, 0.2) is 54.6 Å². The maximum Gasteiger partial charge on any atom is 0.325 e. The van der Waals surface area contributed by atoms with Crippen molar-refractivity contribution in [2.24, 2.45) is 0 Å². The number of rotatable bonds is 4. The third-order valence-electron chi connectivity index (χ3n) is 4.01. The normalized spacial score (nSPS) is 10.8. The summed E-state index contributed by atoms with van der Waals surface area (Å²) in [6, 6.07) is 16.8. The van der Waals surface area contributed by atoms with E-state index in [-0.39, 0.29) is 5.91 Å². The molecule has 0 saturated heterocycles. The largest absolute Gasteiger partial charge is 0.480 e. The number of carboxylic acids is 1. The third kappa shape index (κ3) is 2.76. The molecule has 2 aromatic carbocycles. The van der Waals surface area contributed by atoms with Gasteiger partial charge >= 0.3 is 5.97 Å². The molecule has 0 spiro atoms. The minimum absolute atomic E-state index is 0.336. The molecule has 0 radical (unpaired) electrons. The maximum absolute atomic E-state index is 13.1. The molecule has 0 unspecified atom stereocenters. The van der Waals surface area contributed by atoms with E-state index >= 15 is 0 Å². The number of benzene rings is 2. The van der Waals surface area contributed by atoms with Gasteiger partial charge in [-0.1, -0.05) is 36.4 Å². The molecule has 122 valence electrons. The van der Waals surface area contributed by atoms with E-state index in [2.05, 4.69) is 0 Å². The Morgan fingerprint density at radius 1 is 0.958 bits per heavy atom. The summed E-state index contributed by atoms with van der Waals surface area (Å²) in [5, 5.41) is 12.3. The summed E-state index contributed by atoms with van der Waals surface area (Å²) >= 11 is 0. The van der Waals surface area contributed by atoms with E-state index in [1.807, 2.05) is 62.4 Å². The Kier molecular flexibility index (Phi) is 4.08. The lowest BCUT2D eigenvalue weighted by molar-refractivity contribution is -0.135. The highest BCUT2D eigenvalue weighted by Gasteiger charge is 2.23. The number of carbonyl (C=O) groups is 2. The third-order valence-corrected chi connectivity index (χ3v) is 4.01. The van der Waals surface area contributed by atoms with Crippen LogP contribution in [-0.2, 0) is 4.79 Å². The van der Waals surface area contributed by atoms with Gasteiger partial charge in [-0.15, -0.1) is 0 Å². The average molecular weight is 322 g/mol. The van der Waals surface area contributed by atoms with Crippen LogP contribution in [0.5, 0.6) is 0 Å². The first-order valence-electron chi connectivity index (χ1n) is 7.65. The van der Waals surface area contributed by atoms with Crippen LogP contribution < -0.4 is 5.01 Å². The molecule has 0 atom stereocenters. The summed E-state index contributed by atoms with van der Waals surface area (Å²) in [5.41, 5.74) is 2.10. The van der Waals surface area contributed by atoms with Gasteiger partial charge in [-0.3, -0.25) is 14.3 Å². The van der Waals surface area contributed by atoms with E-state index in [4.69, 9.17) is 0 Å². The first-order chi connectivity index (χ1) is 11.5. The zero-order valence-corrected chi connectivity index (χ0v) is 13.6. The van der Waals surface area contributed by atoms with Crippen LogP contribution in [0, 0.1) is 13.8 Å². The summed E-state index contributed by atoms with van der Waals surface area (Å²) < 4.78 is 1.65. The number of aryl methyl sites for hydroxylation is 2. The zero-order valence-electron chi connectivity index (χ0n) is 13.6. The molecule has 0 aliphatic rings. The van der Waals surface area contributed by atoms with E-state index in [0.29, 0.717) is 5.56 Å². The van der Waals surface area contributed by atoms with Crippen molar-refractivity contribution in [1.29, 1.82) is 0 Å². The van der Waals surface area contributed by atoms with Crippen molar-refractivity contribution in [1.82, 2.24) is 4.68 Å². The van der Waals surface area contributed by atoms with Crippen molar-refractivity contribution in [3.05, 3.63) is 71.5 Å². The summed E-state index contributed by atoms with van der Waals surface area (Å²) in [6.07, 6.45) is 0. The maximum atomic E-state index is 13.1. The number of aliphatic carboxylic acids is 1. The fourth-order valence-electron chi connectivity index (χ4n) is 2.95. The van der Waals surface area contributed by atoms with Crippen molar-refractivity contribution in [3.8, 4) is 0 Å². The van der Waals surface area contributed by atoms with Crippen LogP contribution in [0.4, 0.5) is 0 Å². The number of nitrogens with zero attached hydrogens (tertiary/aromatic N) is 2. The smallest absolute Gasteiger partial charge is 0.325 e. The lowest BCUT2D eigenvalue weighted by atomic mass is 10.0. The van der Waals surface area contributed by atoms with E-state index in [1.54, 1.807) is 10.7 Å². The van der Waals surface area contributed by atoms with Crippen LogP contribution in [0.3, 0.4) is 0 Å². The molecule has 0 saturated carbocycles. The number of aromatic nitrogens is 1. The van der Waals surface area contributed by atoms with Gasteiger partial charge in [0.2, 0.25) is 0 Å². The second-order valence-electron chi connectivity index (χ2n) is 5.71. The quantitative estimate of drug-likeness (QED) is 0.803. The van der Waals surface area contributed by atoms with Crippen molar-refractivity contribution in [2.45, 2.75) is 13.8 Å². The zero-order chi connectivity index (χ0) is 17.3. The topological polar surface area (TPSA) is 62.5 Å². The average Bonchev–Trinajstić information content (AvgIpc) is 2.90. The van der Waals surface area contributed by atoms with Gasteiger partial charge in [-0.05, 0) is 42.8 Å². The van der Waals surface area contributed by atoms with Gasteiger partial charge in [0.05, 0.1) is 0 Å². The van der Waals surface area contributed by atoms with Crippen LogP contribution >= 0.6 is 0 Å². The summed E-state index contributed by atoms with van der Waals surface area (Å²) in [6.45, 7) is 3.29. The first-order valence-corrected chi connectivity index (χ1v) is 7.65. The Hall–Kier alpha value is -3.08. The molecular formula is C19H18N2O3. The molecule has 5 heteroatoms. The van der Waals surface area contributed by atoms with E-state index in [0.717, 1.165) is 22.2 Å². The minimum atomic E-state index is -1.06. The molecule has 1 heterocycles. The van der Waals surface area contributed by atoms with E-state index in [1.165, 1.54) is 5.01 Å².